The lowest BCUT2D eigenvalue weighted by Crippen LogP contribution is -2.10. The van der Waals surface area contributed by atoms with Crippen LogP contribution in [-0.4, -0.2) is 32.3 Å². The lowest BCUT2D eigenvalue weighted by Gasteiger charge is -2.05. The molecule has 0 saturated carbocycles. The highest BCUT2D eigenvalue weighted by molar-refractivity contribution is 7.84. The summed E-state index contributed by atoms with van der Waals surface area (Å²) in [4.78, 5) is 4.09. The number of nitrogens with zero attached hydrogens (tertiary/aromatic N) is 2. The molecule has 1 rings (SSSR count). The first-order valence-electron chi connectivity index (χ1n) is 4.31. The van der Waals surface area contributed by atoms with E-state index in [0.29, 0.717) is 5.75 Å². The van der Waals surface area contributed by atoms with E-state index in [1.54, 1.807) is 6.20 Å². The van der Waals surface area contributed by atoms with Crippen LogP contribution in [-0.2, 0) is 17.3 Å². The minimum Gasteiger partial charge on any atom is -0.359 e. The Balaban J connectivity index is 2.49. The largest absolute Gasteiger partial charge is 0.359 e. The number of nitrogens with one attached hydrogen (secondary N) is 1. The molecule has 0 spiro atoms. The highest BCUT2D eigenvalue weighted by atomic mass is 32.2. The van der Waals surface area contributed by atoms with Crippen molar-refractivity contribution in [2.24, 2.45) is 0 Å². The van der Waals surface area contributed by atoms with Gasteiger partial charge in [0.05, 0.1) is 0 Å². The molecule has 13 heavy (non-hydrogen) atoms. The average molecular weight is 201 g/mol. The molecule has 0 radical (unpaired) electrons. The zero-order chi connectivity index (χ0) is 9.68. The van der Waals surface area contributed by atoms with Crippen molar-refractivity contribution in [3.8, 4) is 0 Å². The SMILES string of the molecule is CCS(=O)CCn1ccnc1NC. The molecule has 1 N–H and O–H groups in total. The van der Waals surface area contributed by atoms with E-state index in [4.69, 9.17) is 0 Å². The first-order chi connectivity index (χ1) is 6.27. The fourth-order valence-corrected chi connectivity index (χ4v) is 1.75. The van der Waals surface area contributed by atoms with Gasteiger partial charge in [-0.2, -0.15) is 0 Å². The second kappa shape index (κ2) is 5.01. The highest BCUT2D eigenvalue weighted by Gasteiger charge is 2.01. The second-order valence-electron chi connectivity index (χ2n) is 2.63. The fourth-order valence-electron chi connectivity index (χ4n) is 1.06. The first kappa shape index (κ1) is 10.2. The number of hydrogen-bond donors (Lipinski definition) is 1. The topological polar surface area (TPSA) is 46.9 Å². The minimum absolute atomic E-state index is 0.696. The van der Waals surface area contributed by atoms with E-state index < -0.39 is 10.8 Å². The van der Waals surface area contributed by atoms with Crippen LogP contribution in [0.2, 0.25) is 0 Å². The van der Waals surface area contributed by atoms with Gasteiger partial charge >= 0.3 is 0 Å². The van der Waals surface area contributed by atoms with E-state index in [9.17, 15) is 4.21 Å². The Hall–Kier alpha value is -0.840. The van der Waals surface area contributed by atoms with Crippen molar-refractivity contribution in [2.75, 3.05) is 23.9 Å². The summed E-state index contributed by atoms with van der Waals surface area (Å²) < 4.78 is 13.1. The van der Waals surface area contributed by atoms with E-state index in [1.165, 1.54) is 0 Å². The van der Waals surface area contributed by atoms with Crippen molar-refractivity contribution in [2.45, 2.75) is 13.5 Å². The van der Waals surface area contributed by atoms with Crippen LogP contribution in [0.25, 0.3) is 0 Å². The fraction of sp³-hybridized carbons (Fsp3) is 0.625. The van der Waals surface area contributed by atoms with Crippen molar-refractivity contribution in [3.05, 3.63) is 12.4 Å². The van der Waals surface area contributed by atoms with Gasteiger partial charge in [-0.05, 0) is 0 Å². The summed E-state index contributed by atoms with van der Waals surface area (Å²) in [6.45, 7) is 2.69. The van der Waals surface area contributed by atoms with Crippen LogP contribution >= 0.6 is 0 Å². The lowest BCUT2D eigenvalue weighted by molar-refractivity contribution is 0.675. The van der Waals surface area contributed by atoms with Crippen molar-refractivity contribution in [1.82, 2.24) is 9.55 Å². The Labute approximate surface area is 80.8 Å². The number of aromatic nitrogens is 2. The summed E-state index contributed by atoms with van der Waals surface area (Å²) in [5.41, 5.74) is 0. The van der Waals surface area contributed by atoms with Gasteiger partial charge in [0.15, 0.2) is 0 Å². The molecule has 1 aromatic heterocycles. The highest BCUT2D eigenvalue weighted by Crippen LogP contribution is 2.02. The predicted octanol–water partition coefficient (Wildman–Crippen LogP) is 0.693. The molecule has 1 aromatic rings. The molecule has 0 amide bonds. The van der Waals surface area contributed by atoms with Crippen LogP contribution in [0.5, 0.6) is 0 Å². The van der Waals surface area contributed by atoms with Gasteiger partial charge in [-0.25, -0.2) is 4.98 Å². The van der Waals surface area contributed by atoms with E-state index in [-0.39, 0.29) is 0 Å². The average Bonchev–Trinajstić information content (AvgIpc) is 2.61. The first-order valence-corrected chi connectivity index (χ1v) is 5.80. The molecule has 0 aliphatic rings. The van der Waals surface area contributed by atoms with Crippen LogP contribution in [0.3, 0.4) is 0 Å². The summed E-state index contributed by atoms with van der Waals surface area (Å²) in [5.74, 6) is 2.25. The Kier molecular flexibility index (Phi) is 3.95. The maximum atomic E-state index is 11.2. The van der Waals surface area contributed by atoms with Crippen LogP contribution in [0, 0.1) is 0 Å². The van der Waals surface area contributed by atoms with Gasteiger partial charge in [-0.15, -0.1) is 0 Å². The number of rotatable bonds is 5. The predicted molar refractivity (Wildman–Crippen MR) is 55.3 cm³/mol. The molecule has 4 nitrogen and oxygen atoms in total. The standard InChI is InChI=1S/C8H15N3OS/c1-3-13(12)7-6-11-5-4-10-8(11)9-2/h4-5H,3,6-7H2,1-2H3,(H,9,10). The van der Waals surface area contributed by atoms with E-state index in [0.717, 1.165) is 18.2 Å². The second-order valence-corrected chi connectivity index (χ2v) is 4.49. The molecule has 74 valence electrons. The third kappa shape index (κ3) is 2.84. The summed E-state index contributed by atoms with van der Waals surface area (Å²) >= 11 is 0. The molecular formula is C8H15N3OS. The molecule has 0 aliphatic heterocycles. The van der Waals surface area contributed by atoms with Crippen LogP contribution < -0.4 is 5.32 Å². The minimum atomic E-state index is -0.698. The maximum absolute atomic E-state index is 11.2. The maximum Gasteiger partial charge on any atom is 0.202 e. The normalized spacial score (nSPS) is 12.8. The third-order valence-electron chi connectivity index (χ3n) is 1.82. The smallest absolute Gasteiger partial charge is 0.202 e. The zero-order valence-electron chi connectivity index (χ0n) is 7.99. The van der Waals surface area contributed by atoms with Crippen LogP contribution in [0.15, 0.2) is 12.4 Å². The Morgan fingerprint density at radius 1 is 1.69 bits per heavy atom. The van der Waals surface area contributed by atoms with Gasteiger partial charge in [0.1, 0.15) is 0 Å². The molecule has 0 aromatic carbocycles. The number of anilines is 1. The number of imidazole rings is 1. The Morgan fingerprint density at radius 3 is 3.08 bits per heavy atom. The molecule has 0 aliphatic carbocycles. The molecule has 1 atom stereocenters. The summed E-state index contributed by atoms with van der Waals surface area (Å²) in [5, 5.41) is 2.97. The molecule has 0 saturated heterocycles. The van der Waals surface area contributed by atoms with Crippen LogP contribution in [0.4, 0.5) is 5.95 Å². The number of aryl methyl sites for hydroxylation is 1. The van der Waals surface area contributed by atoms with Gasteiger partial charge in [-0.1, -0.05) is 6.92 Å². The van der Waals surface area contributed by atoms with Gasteiger partial charge in [-0.3, -0.25) is 4.21 Å². The molecule has 5 heteroatoms. The van der Waals surface area contributed by atoms with Gasteiger partial charge in [0.2, 0.25) is 5.95 Å². The molecule has 1 heterocycles. The molecule has 0 fully saturated rings. The molecule has 1 unspecified atom stereocenters. The quantitative estimate of drug-likeness (QED) is 0.762. The van der Waals surface area contributed by atoms with Crippen LogP contribution in [0.1, 0.15) is 6.92 Å². The van der Waals surface area contributed by atoms with E-state index in [2.05, 4.69) is 10.3 Å². The third-order valence-corrected chi connectivity index (χ3v) is 3.10. The molecular weight excluding hydrogens is 186 g/mol. The van der Waals surface area contributed by atoms with Gasteiger partial charge in [0.25, 0.3) is 0 Å². The van der Waals surface area contributed by atoms with Crippen molar-refractivity contribution in [1.29, 1.82) is 0 Å². The lowest BCUT2D eigenvalue weighted by atomic mass is 10.7. The summed E-state index contributed by atoms with van der Waals surface area (Å²) in [6.07, 6.45) is 3.62. The van der Waals surface area contributed by atoms with Crippen molar-refractivity contribution < 1.29 is 4.21 Å². The summed E-state index contributed by atoms with van der Waals surface area (Å²) in [6, 6.07) is 0. The Morgan fingerprint density at radius 2 is 2.46 bits per heavy atom. The van der Waals surface area contributed by atoms with Crippen molar-refractivity contribution >= 4 is 16.7 Å². The molecule has 0 bridgehead atoms. The summed E-state index contributed by atoms with van der Waals surface area (Å²) in [7, 11) is 1.13. The Bertz CT molecular complexity index is 285. The number of hydrogen-bond acceptors (Lipinski definition) is 3. The van der Waals surface area contributed by atoms with E-state index >= 15 is 0 Å². The van der Waals surface area contributed by atoms with Gasteiger partial charge < -0.3 is 9.88 Å². The van der Waals surface area contributed by atoms with Crippen molar-refractivity contribution in [3.63, 3.8) is 0 Å². The van der Waals surface area contributed by atoms with Gasteiger partial charge in [0, 0.05) is 48.3 Å². The zero-order valence-corrected chi connectivity index (χ0v) is 8.80. The van der Waals surface area contributed by atoms with E-state index in [1.807, 2.05) is 24.7 Å². The monoisotopic (exact) mass is 201 g/mol.